The summed E-state index contributed by atoms with van der Waals surface area (Å²) >= 11 is 1.29. The quantitative estimate of drug-likeness (QED) is 0.741. The van der Waals surface area contributed by atoms with Crippen LogP contribution in [0.1, 0.15) is 42.3 Å². The number of nitrogens with two attached hydrogens (primary N) is 1. The van der Waals surface area contributed by atoms with E-state index in [1.807, 2.05) is 6.92 Å². The highest BCUT2D eigenvalue weighted by Crippen LogP contribution is 2.30. The fourth-order valence-corrected chi connectivity index (χ4v) is 3.52. The van der Waals surface area contributed by atoms with Gasteiger partial charge in [-0.05, 0) is 19.8 Å². The molecule has 1 heterocycles. The lowest BCUT2D eigenvalue weighted by atomic mass is 10.2. The minimum Gasteiger partial charge on any atom is -0.395 e. The number of nitrogens with zero attached hydrogens (tertiary/aromatic N) is 2. The number of carbonyl (C=O) groups is 1. The van der Waals surface area contributed by atoms with E-state index in [-0.39, 0.29) is 24.4 Å². The molecule has 0 spiro atoms. The van der Waals surface area contributed by atoms with Crippen molar-refractivity contribution in [2.75, 3.05) is 30.7 Å². The van der Waals surface area contributed by atoms with E-state index in [0.717, 1.165) is 32.2 Å². The second kappa shape index (κ2) is 6.90. The number of amides is 1. The summed E-state index contributed by atoms with van der Waals surface area (Å²) in [6.07, 6.45) is 4.29. The second-order valence-corrected chi connectivity index (χ2v) is 5.92. The van der Waals surface area contributed by atoms with Crippen molar-refractivity contribution in [3.05, 3.63) is 4.88 Å². The van der Waals surface area contributed by atoms with Crippen LogP contribution in [0.15, 0.2) is 0 Å². The van der Waals surface area contributed by atoms with Crippen molar-refractivity contribution in [3.8, 4) is 0 Å². The lowest BCUT2D eigenvalue weighted by Gasteiger charge is -2.27. The third kappa shape index (κ3) is 3.21. The standard InChI is InChI=1S/C13H22N4O2S/c1-2-15-13-16-11(14)10(20-13)12(19)17(7-8-18)9-5-3-4-6-9/h9,18H,2-8,14H2,1H3,(H,15,16). The summed E-state index contributed by atoms with van der Waals surface area (Å²) in [5.41, 5.74) is 5.85. The topological polar surface area (TPSA) is 91.5 Å². The largest absolute Gasteiger partial charge is 0.395 e. The summed E-state index contributed by atoms with van der Waals surface area (Å²) < 4.78 is 0. The smallest absolute Gasteiger partial charge is 0.268 e. The Bertz CT molecular complexity index is 457. The van der Waals surface area contributed by atoms with Crippen molar-refractivity contribution in [2.45, 2.75) is 38.6 Å². The lowest BCUT2D eigenvalue weighted by molar-refractivity contribution is 0.0644. The van der Waals surface area contributed by atoms with Crippen LogP contribution in [0.2, 0.25) is 0 Å². The van der Waals surface area contributed by atoms with Crippen LogP contribution in [0, 0.1) is 0 Å². The number of nitrogens with one attached hydrogen (secondary N) is 1. The van der Waals surface area contributed by atoms with E-state index in [2.05, 4.69) is 10.3 Å². The second-order valence-electron chi connectivity index (χ2n) is 4.92. The normalized spacial score (nSPS) is 15.5. The van der Waals surface area contributed by atoms with Crippen LogP contribution in [0.5, 0.6) is 0 Å². The Morgan fingerprint density at radius 3 is 2.85 bits per heavy atom. The number of aliphatic hydroxyl groups excluding tert-OH is 1. The van der Waals surface area contributed by atoms with Gasteiger partial charge in [0.1, 0.15) is 10.7 Å². The van der Waals surface area contributed by atoms with Crippen LogP contribution in [-0.4, -0.2) is 46.6 Å². The molecule has 1 aliphatic rings. The summed E-state index contributed by atoms with van der Waals surface area (Å²) in [6, 6.07) is 0.221. The number of carbonyl (C=O) groups excluding carboxylic acids is 1. The number of hydrogen-bond acceptors (Lipinski definition) is 6. The molecule has 1 aliphatic carbocycles. The first kappa shape index (κ1) is 15.1. The number of rotatable bonds is 6. The highest BCUT2D eigenvalue weighted by molar-refractivity contribution is 7.18. The van der Waals surface area contributed by atoms with Gasteiger partial charge in [-0.15, -0.1) is 0 Å². The molecule has 0 atom stereocenters. The molecule has 4 N–H and O–H groups in total. The van der Waals surface area contributed by atoms with Gasteiger partial charge in [0.25, 0.3) is 5.91 Å². The van der Waals surface area contributed by atoms with Crippen molar-refractivity contribution in [1.29, 1.82) is 0 Å². The molecule has 0 aromatic carbocycles. The van der Waals surface area contributed by atoms with Crippen molar-refractivity contribution in [2.24, 2.45) is 0 Å². The van der Waals surface area contributed by atoms with E-state index in [4.69, 9.17) is 5.73 Å². The van der Waals surface area contributed by atoms with Gasteiger partial charge in [0.15, 0.2) is 5.13 Å². The van der Waals surface area contributed by atoms with Gasteiger partial charge in [-0.1, -0.05) is 24.2 Å². The molecule has 20 heavy (non-hydrogen) atoms. The van der Waals surface area contributed by atoms with E-state index in [1.165, 1.54) is 11.3 Å². The fourth-order valence-electron chi connectivity index (χ4n) is 2.62. The third-order valence-corrected chi connectivity index (χ3v) is 4.56. The van der Waals surface area contributed by atoms with Crippen LogP contribution in [0.4, 0.5) is 10.9 Å². The molecule has 0 saturated heterocycles. The van der Waals surface area contributed by atoms with Gasteiger partial charge in [-0.3, -0.25) is 4.79 Å². The van der Waals surface area contributed by atoms with Crippen LogP contribution < -0.4 is 11.1 Å². The van der Waals surface area contributed by atoms with E-state index >= 15 is 0 Å². The molecular formula is C13H22N4O2S. The molecule has 6 nitrogen and oxygen atoms in total. The summed E-state index contributed by atoms with van der Waals surface area (Å²) in [6.45, 7) is 3.04. The predicted octanol–water partition coefficient (Wildman–Crippen LogP) is 1.53. The fraction of sp³-hybridized carbons (Fsp3) is 0.692. The molecule has 1 aromatic heterocycles. The number of nitrogen functional groups attached to an aromatic ring is 1. The monoisotopic (exact) mass is 298 g/mol. The molecule has 2 rings (SSSR count). The Hall–Kier alpha value is -1.34. The Morgan fingerprint density at radius 1 is 1.55 bits per heavy atom. The van der Waals surface area contributed by atoms with E-state index in [0.29, 0.717) is 16.6 Å². The molecule has 0 radical (unpaired) electrons. The Labute approximate surface area is 123 Å². The molecule has 0 aliphatic heterocycles. The van der Waals surface area contributed by atoms with Gasteiger partial charge < -0.3 is 21.1 Å². The zero-order valence-corrected chi connectivity index (χ0v) is 12.6. The van der Waals surface area contributed by atoms with E-state index < -0.39 is 0 Å². The Balaban J connectivity index is 2.17. The highest BCUT2D eigenvalue weighted by atomic mass is 32.1. The van der Waals surface area contributed by atoms with Gasteiger partial charge >= 0.3 is 0 Å². The number of aliphatic hydroxyl groups is 1. The van der Waals surface area contributed by atoms with Crippen molar-refractivity contribution in [1.82, 2.24) is 9.88 Å². The maximum Gasteiger partial charge on any atom is 0.268 e. The minimum atomic E-state index is -0.106. The van der Waals surface area contributed by atoms with Gasteiger partial charge in [-0.25, -0.2) is 4.98 Å². The van der Waals surface area contributed by atoms with Crippen molar-refractivity contribution in [3.63, 3.8) is 0 Å². The summed E-state index contributed by atoms with van der Waals surface area (Å²) in [5, 5.41) is 12.9. The predicted molar refractivity (Wildman–Crippen MR) is 81.1 cm³/mol. The first-order valence-electron chi connectivity index (χ1n) is 7.09. The molecule has 0 unspecified atom stereocenters. The van der Waals surface area contributed by atoms with Crippen LogP contribution in [0.25, 0.3) is 0 Å². The van der Waals surface area contributed by atoms with Gasteiger partial charge in [0, 0.05) is 19.1 Å². The zero-order chi connectivity index (χ0) is 14.5. The number of hydrogen-bond donors (Lipinski definition) is 3. The maximum atomic E-state index is 12.6. The molecule has 1 fully saturated rings. The summed E-state index contributed by atoms with van der Waals surface area (Å²) in [5.74, 6) is 0.169. The SMILES string of the molecule is CCNc1nc(N)c(C(=O)N(CCO)C2CCCC2)s1. The molecule has 7 heteroatoms. The number of anilines is 2. The van der Waals surface area contributed by atoms with Crippen molar-refractivity contribution < 1.29 is 9.90 Å². The first-order chi connectivity index (χ1) is 9.67. The van der Waals surface area contributed by atoms with Gasteiger partial charge in [0.2, 0.25) is 0 Å². The van der Waals surface area contributed by atoms with Crippen molar-refractivity contribution >= 4 is 28.2 Å². The molecule has 1 amide bonds. The van der Waals surface area contributed by atoms with Crippen LogP contribution >= 0.6 is 11.3 Å². The number of aromatic nitrogens is 1. The zero-order valence-electron chi connectivity index (χ0n) is 11.8. The third-order valence-electron chi connectivity index (χ3n) is 3.54. The molecule has 1 saturated carbocycles. The molecule has 112 valence electrons. The highest BCUT2D eigenvalue weighted by Gasteiger charge is 2.29. The molecule has 1 aromatic rings. The number of thiazole rings is 1. The van der Waals surface area contributed by atoms with Crippen LogP contribution in [0.3, 0.4) is 0 Å². The van der Waals surface area contributed by atoms with Gasteiger partial charge in [-0.2, -0.15) is 0 Å². The minimum absolute atomic E-state index is 0.0268. The van der Waals surface area contributed by atoms with Crippen LogP contribution in [-0.2, 0) is 0 Å². The van der Waals surface area contributed by atoms with E-state index in [1.54, 1.807) is 4.90 Å². The summed E-state index contributed by atoms with van der Waals surface area (Å²) in [4.78, 5) is 19.0. The lowest BCUT2D eigenvalue weighted by Crippen LogP contribution is -2.40. The Kier molecular flexibility index (Phi) is 5.19. The first-order valence-corrected chi connectivity index (χ1v) is 7.91. The van der Waals surface area contributed by atoms with E-state index in [9.17, 15) is 9.90 Å². The average Bonchev–Trinajstić information content (AvgIpc) is 3.05. The average molecular weight is 298 g/mol. The molecule has 0 bridgehead atoms. The Morgan fingerprint density at radius 2 is 2.25 bits per heavy atom. The molecular weight excluding hydrogens is 276 g/mol. The maximum absolute atomic E-state index is 12.6. The summed E-state index contributed by atoms with van der Waals surface area (Å²) in [7, 11) is 0. The van der Waals surface area contributed by atoms with Gasteiger partial charge in [0.05, 0.1) is 6.61 Å².